The zero-order chi connectivity index (χ0) is 12.0. The topological polar surface area (TPSA) is 86.1 Å². The van der Waals surface area contributed by atoms with Gasteiger partial charge in [-0.1, -0.05) is 34.9 Å². The summed E-state index contributed by atoms with van der Waals surface area (Å²) in [5, 5.41) is 12.3. The van der Waals surface area contributed by atoms with E-state index in [0.717, 1.165) is 0 Å². The molecule has 0 saturated carbocycles. The Morgan fingerprint density at radius 1 is 1.62 bits per heavy atom. The summed E-state index contributed by atoms with van der Waals surface area (Å²) in [6, 6.07) is 4.65. The van der Waals surface area contributed by atoms with Crippen LogP contribution < -0.4 is 0 Å². The molecule has 0 aliphatic rings. The largest absolute Gasteiger partial charge is 0.478 e. The summed E-state index contributed by atoms with van der Waals surface area (Å²) in [6.07, 6.45) is 3.30. The first-order valence-corrected chi connectivity index (χ1v) is 4.73. The van der Waals surface area contributed by atoms with Gasteiger partial charge >= 0.3 is 5.97 Å². The second kappa shape index (κ2) is 5.80. The smallest absolute Gasteiger partial charge is 0.337 e. The van der Waals surface area contributed by atoms with Crippen molar-refractivity contribution in [1.29, 1.82) is 0 Å². The standard InChI is InChI=1S/C10H8ClN3O2/c11-9-4-3-7(2-1-5-13-14-12)6-8(9)10(15)16/h1-4,6H,5H2,(H,15,16). The molecule has 1 rings (SSSR count). The van der Waals surface area contributed by atoms with E-state index in [1.807, 2.05) is 0 Å². The van der Waals surface area contributed by atoms with Crippen LogP contribution in [0, 0.1) is 0 Å². The highest BCUT2D eigenvalue weighted by Crippen LogP contribution is 2.18. The van der Waals surface area contributed by atoms with Gasteiger partial charge in [-0.15, -0.1) is 0 Å². The van der Waals surface area contributed by atoms with Gasteiger partial charge in [0.15, 0.2) is 0 Å². The summed E-state index contributed by atoms with van der Waals surface area (Å²) in [4.78, 5) is 13.4. The highest BCUT2D eigenvalue weighted by molar-refractivity contribution is 6.33. The number of hydrogen-bond acceptors (Lipinski definition) is 2. The van der Waals surface area contributed by atoms with Crippen LogP contribution in [0.1, 0.15) is 15.9 Å². The Morgan fingerprint density at radius 2 is 2.38 bits per heavy atom. The molecule has 16 heavy (non-hydrogen) atoms. The molecule has 0 aliphatic heterocycles. The van der Waals surface area contributed by atoms with Crippen LogP contribution in [0.15, 0.2) is 29.4 Å². The number of hydrogen-bond donors (Lipinski definition) is 1. The van der Waals surface area contributed by atoms with E-state index < -0.39 is 5.97 Å². The number of benzene rings is 1. The Balaban J connectivity index is 2.90. The first-order chi connectivity index (χ1) is 7.65. The summed E-state index contributed by atoms with van der Waals surface area (Å²) >= 11 is 5.70. The molecule has 1 aromatic carbocycles. The average Bonchev–Trinajstić information content (AvgIpc) is 2.26. The van der Waals surface area contributed by atoms with Crippen molar-refractivity contribution >= 4 is 23.6 Å². The molecule has 1 N–H and O–H groups in total. The van der Waals surface area contributed by atoms with Crippen LogP contribution in [-0.4, -0.2) is 17.6 Å². The highest BCUT2D eigenvalue weighted by Gasteiger charge is 2.07. The molecule has 0 unspecified atom stereocenters. The van der Waals surface area contributed by atoms with Crippen molar-refractivity contribution < 1.29 is 9.90 Å². The minimum absolute atomic E-state index is 0.0487. The van der Waals surface area contributed by atoms with Crippen LogP contribution in [0.3, 0.4) is 0 Å². The quantitative estimate of drug-likeness (QED) is 0.494. The predicted molar refractivity (Wildman–Crippen MR) is 61.5 cm³/mol. The molecule has 0 heterocycles. The molecular weight excluding hydrogens is 230 g/mol. The Labute approximate surface area is 96.6 Å². The fourth-order valence-corrected chi connectivity index (χ4v) is 1.28. The number of rotatable bonds is 4. The van der Waals surface area contributed by atoms with Crippen molar-refractivity contribution in [2.45, 2.75) is 0 Å². The van der Waals surface area contributed by atoms with Gasteiger partial charge in [-0.25, -0.2) is 4.79 Å². The van der Waals surface area contributed by atoms with Crippen LogP contribution in [-0.2, 0) is 0 Å². The number of halogens is 1. The minimum Gasteiger partial charge on any atom is -0.478 e. The van der Waals surface area contributed by atoms with Crippen LogP contribution in [0.4, 0.5) is 0 Å². The van der Waals surface area contributed by atoms with Crippen molar-refractivity contribution in [2.75, 3.05) is 6.54 Å². The van der Waals surface area contributed by atoms with Gasteiger partial charge in [0.1, 0.15) is 0 Å². The van der Waals surface area contributed by atoms with E-state index in [1.54, 1.807) is 18.2 Å². The van der Waals surface area contributed by atoms with E-state index in [4.69, 9.17) is 22.2 Å². The van der Waals surface area contributed by atoms with Gasteiger partial charge in [0, 0.05) is 11.5 Å². The Bertz CT molecular complexity index is 479. The van der Waals surface area contributed by atoms with Gasteiger partial charge < -0.3 is 5.11 Å². The normalized spacial score (nSPS) is 10.1. The van der Waals surface area contributed by atoms with E-state index in [0.29, 0.717) is 5.56 Å². The lowest BCUT2D eigenvalue weighted by Gasteiger charge is -1.99. The molecule has 0 spiro atoms. The SMILES string of the molecule is [N-]=[N+]=NCC=Cc1ccc(Cl)c(C(=O)O)c1. The molecule has 0 aliphatic carbocycles. The molecule has 5 nitrogen and oxygen atoms in total. The molecule has 0 fully saturated rings. The summed E-state index contributed by atoms with van der Waals surface area (Å²) in [5.41, 5.74) is 8.78. The molecule has 0 radical (unpaired) electrons. The monoisotopic (exact) mass is 237 g/mol. The number of carboxylic acids is 1. The molecule has 0 aromatic heterocycles. The summed E-state index contributed by atoms with van der Waals surface area (Å²) in [7, 11) is 0. The molecule has 0 saturated heterocycles. The summed E-state index contributed by atoms with van der Waals surface area (Å²) in [6.45, 7) is 0.224. The lowest BCUT2D eigenvalue weighted by Crippen LogP contribution is -1.97. The second-order valence-corrected chi connectivity index (χ2v) is 3.27. The Hall–Kier alpha value is -1.97. The highest BCUT2D eigenvalue weighted by atomic mass is 35.5. The van der Waals surface area contributed by atoms with Crippen LogP contribution in [0.2, 0.25) is 5.02 Å². The molecule has 0 atom stereocenters. The third kappa shape index (κ3) is 3.31. The lowest BCUT2D eigenvalue weighted by molar-refractivity contribution is 0.0697. The van der Waals surface area contributed by atoms with E-state index in [9.17, 15) is 4.79 Å². The van der Waals surface area contributed by atoms with E-state index in [-0.39, 0.29) is 17.1 Å². The van der Waals surface area contributed by atoms with Crippen molar-refractivity contribution in [3.63, 3.8) is 0 Å². The molecule has 82 valence electrons. The maximum atomic E-state index is 10.8. The zero-order valence-corrected chi connectivity index (χ0v) is 8.92. The van der Waals surface area contributed by atoms with Crippen molar-refractivity contribution in [3.05, 3.63) is 50.9 Å². The number of carboxylic acid groups (broad SMARTS) is 1. The number of azide groups is 1. The van der Waals surface area contributed by atoms with Gasteiger partial charge in [0.2, 0.25) is 0 Å². The van der Waals surface area contributed by atoms with Crippen LogP contribution in [0.5, 0.6) is 0 Å². The van der Waals surface area contributed by atoms with Gasteiger partial charge in [0.05, 0.1) is 10.6 Å². The average molecular weight is 238 g/mol. The van der Waals surface area contributed by atoms with Crippen molar-refractivity contribution in [1.82, 2.24) is 0 Å². The first kappa shape index (κ1) is 12.1. The molecular formula is C10H8ClN3O2. The molecule has 0 bridgehead atoms. The first-order valence-electron chi connectivity index (χ1n) is 4.35. The third-order valence-electron chi connectivity index (χ3n) is 1.78. The fourth-order valence-electron chi connectivity index (χ4n) is 1.08. The summed E-state index contributed by atoms with van der Waals surface area (Å²) < 4.78 is 0. The number of carbonyl (C=O) groups is 1. The number of nitrogens with zero attached hydrogens (tertiary/aromatic N) is 3. The van der Waals surface area contributed by atoms with E-state index in [1.165, 1.54) is 12.1 Å². The maximum absolute atomic E-state index is 10.8. The maximum Gasteiger partial charge on any atom is 0.337 e. The summed E-state index contributed by atoms with van der Waals surface area (Å²) in [5.74, 6) is -1.07. The predicted octanol–water partition coefficient (Wildman–Crippen LogP) is 3.36. The van der Waals surface area contributed by atoms with E-state index >= 15 is 0 Å². The van der Waals surface area contributed by atoms with E-state index in [2.05, 4.69) is 10.0 Å². The lowest BCUT2D eigenvalue weighted by atomic mass is 10.1. The van der Waals surface area contributed by atoms with Gasteiger partial charge in [-0.3, -0.25) is 0 Å². The van der Waals surface area contributed by atoms with Crippen molar-refractivity contribution in [2.24, 2.45) is 5.11 Å². The molecule has 6 heteroatoms. The Morgan fingerprint density at radius 3 is 3.00 bits per heavy atom. The Kier molecular flexibility index (Phi) is 4.39. The minimum atomic E-state index is -1.07. The molecule has 1 aromatic rings. The number of aromatic carboxylic acids is 1. The second-order valence-electron chi connectivity index (χ2n) is 2.86. The van der Waals surface area contributed by atoms with Gasteiger partial charge in [-0.2, -0.15) is 0 Å². The molecule has 0 amide bonds. The van der Waals surface area contributed by atoms with Gasteiger partial charge in [0.25, 0.3) is 0 Å². The zero-order valence-electron chi connectivity index (χ0n) is 8.17. The van der Waals surface area contributed by atoms with Gasteiger partial charge in [-0.05, 0) is 23.2 Å². The third-order valence-corrected chi connectivity index (χ3v) is 2.11. The van der Waals surface area contributed by atoms with Crippen LogP contribution in [0.25, 0.3) is 16.5 Å². The van der Waals surface area contributed by atoms with Crippen molar-refractivity contribution in [3.8, 4) is 0 Å². The van der Waals surface area contributed by atoms with Crippen LogP contribution >= 0.6 is 11.6 Å². The fraction of sp³-hybridized carbons (Fsp3) is 0.100.